The van der Waals surface area contributed by atoms with Crippen LogP contribution in [0.15, 0.2) is 10.6 Å². The molecule has 2 aromatic heterocycles. The number of anilines is 1. The van der Waals surface area contributed by atoms with E-state index in [1.165, 1.54) is 11.3 Å². The number of aromatic nitrogens is 1. The van der Waals surface area contributed by atoms with Crippen LogP contribution in [-0.4, -0.2) is 11.1 Å². The molecule has 1 amide bonds. The molecular formula is C13H17N3O2S. The number of thiophene rings is 1. The van der Waals surface area contributed by atoms with Gasteiger partial charge in [0, 0.05) is 16.1 Å². The van der Waals surface area contributed by atoms with Crippen molar-refractivity contribution in [3.05, 3.63) is 32.8 Å². The van der Waals surface area contributed by atoms with E-state index >= 15 is 0 Å². The van der Waals surface area contributed by atoms with E-state index in [2.05, 4.69) is 10.5 Å². The summed E-state index contributed by atoms with van der Waals surface area (Å²) in [5.74, 6) is 0.601. The maximum atomic E-state index is 12.1. The van der Waals surface area contributed by atoms with Gasteiger partial charge in [-0.15, -0.1) is 11.3 Å². The fourth-order valence-electron chi connectivity index (χ4n) is 2.06. The average Bonchev–Trinajstić information content (AvgIpc) is 2.83. The van der Waals surface area contributed by atoms with Gasteiger partial charge in [0.25, 0.3) is 5.91 Å². The first-order valence-electron chi connectivity index (χ1n) is 5.99. The van der Waals surface area contributed by atoms with Crippen molar-refractivity contribution in [3.8, 4) is 0 Å². The maximum absolute atomic E-state index is 12.1. The van der Waals surface area contributed by atoms with E-state index in [4.69, 9.17) is 10.3 Å². The van der Waals surface area contributed by atoms with Crippen molar-refractivity contribution < 1.29 is 9.32 Å². The van der Waals surface area contributed by atoms with Crippen LogP contribution in [0.4, 0.5) is 5.69 Å². The highest BCUT2D eigenvalue weighted by Crippen LogP contribution is 2.25. The summed E-state index contributed by atoms with van der Waals surface area (Å²) in [6.45, 7) is 7.51. The smallest absolute Gasteiger partial charge is 0.261 e. The Morgan fingerprint density at radius 1 is 1.47 bits per heavy atom. The Morgan fingerprint density at radius 2 is 2.16 bits per heavy atom. The monoisotopic (exact) mass is 279 g/mol. The summed E-state index contributed by atoms with van der Waals surface area (Å²) in [5.41, 5.74) is 8.13. The second kappa shape index (κ2) is 5.05. The predicted molar refractivity (Wildman–Crippen MR) is 75.3 cm³/mol. The van der Waals surface area contributed by atoms with Crippen molar-refractivity contribution in [3.63, 3.8) is 0 Å². The zero-order valence-corrected chi connectivity index (χ0v) is 12.2. The Kier molecular flexibility index (Phi) is 3.61. The molecule has 19 heavy (non-hydrogen) atoms. The van der Waals surface area contributed by atoms with Crippen LogP contribution in [-0.2, 0) is 0 Å². The molecule has 0 saturated heterocycles. The molecule has 0 saturated carbocycles. The number of nitrogens with zero attached hydrogens (tertiary/aromatic N) is 1. The SMILES string of the molecule is Cc1noc(C)c1C(C)NC(=O)c1cc(N)c(C)s1. The summed E-state index contributed by atoms with van der Waals surface area (Å²) in [4.78, 5) is 13.7. The molecule has 0 aromatic carbocycles. The average molecular weight is 279 g/mol. The first kappa shape index (κ1) is 13.6. The van der Waals surface area contributed by atoms with Crippen molar-refractivity contribution in [2.24, 2.45) is 0 Å². The lowest BCUT2D eigenvalue weighted by atomic mass is 10.1. The number of nitrogens with two attached hydrogens (primary N) is 1. The fourth-order valence-corrected chi connectivity index (χ4v) is 2.90. The number of hydrogen-bond donors (Lipinski definition) is 2. The van der Waals surface area contributed by atoms with Gasteiger partial charge < -0.3 is 15.6 Å². The van der Waals surface area contributed by atoms with E-state index in [1.807, 2.05) is 27.7 Å². The van der Waals surface area contributed by atoms with Crippen LogP contribution in [0.25, 0.3) is 0 Å². The minimum Gasteiger partial charge on any atom is -0.398 e. The minimum absolute atomic E-state index is 0.127. The molecule has 5 nitrogen and oxygen atoms in total. The second-order valence-corrected chi connectivity index (χ2v) is 5.81. The van der Waals surface area contributed by atoms with Crippen LogP contribution in [0.5, 0.6) is 0 Å². The molecule has 0 fully saturated rings. The highest BCUT2D eigenvalue weighted by atomic mass is 32.1. The Bertz CT molecular complexity index is 576. The van der Waals surface area contributed by atoms with Gasteiger partial charge >= 0.3 is 0 Å². The third-order valence-electron chi connectivity index (χ3n) is 3.05. The molecular weight excluding hydrogens is 262 g/mol. The Morgan fingerprint density at radius 3 is 2.63 bits per heavy atom. The van der Waals surface area contributed by atoms with Crippen LogP contribution in [0.2, 0.25) is 0 Å². The summed E-state index contributed by atoms with van der Waals surface area (Å²) in [6.07, 6.45) is 0. The second-order valence-electron chi connectivity index (χ2n) is 4.56. The normalized spacial score (nSPS) is 12.4. The molecule has 0 spiro atoms. The largest absolute Gasteiger partial charge is 0.398 e. The van der Waals surface area contributed by atoms with Gasteiger partial charge in [-0.2, -0.15) is 0 Å². The molecule has 0 radical (unpaired) electrons. The third-order valence-corrected chi connectivity index (χ3v) is 4.11. The number of carbonyl (C=O) groups excluding carboxylic acids is 1. The Labute approximate surface area is 115 Å². The lowest BCUT2D eigenvalue weighted by Gasteiger charge is -2.12. The zero-order valence-electron chi connectivity index (χ0n) is 11.4. The topological polar surface area (TPSA) is 81.2 Å². The number of nitrogen functional groups attached to an aromatic ring is 1. The van der Waals surface area contributed by atoms with Crippen LogP contribution < -0.4 is 11.1 Å². The van der Waals surface area contributed by atoms with E-state index in [9.17, 15) is 4.79 Å². The number of aryl methyl sites for hydroxylation is 3. The zero-order chi connectivity index (χ0) is 14.2. The summed E-state index contributed by atoms with van der Waals surface area (Å²) >= 11 is 1.39. The Balaban J connectivity index is 2.15. The molecule has 2 aromatic rings. The highest BCUT2D eigenvalue weighted by molar-refractivity contribution is 7.14. The molecule has 3 N–H and O–H groups in total. The minimum atomic E-state index is -0.151. The predicted octanol–water partition coefficient (Wildman–Crippen LogP) is 2.73. The molecule has 102 valence electrons. The van der Waals surface area contributed by atoms with Crippen LogP contribution in [0, 0.1) is 20.8 Å². The number of nitrogens with one attached hydrogen (secondary N) is 1. The third kappa shape index (κ3) is 2.63. The van der Waals surface area contributed by atoms with Crippen LogP contribution >= 0.6 is 11.3 Å². The number of hydrogen-bond acceptors (Lipinski definition) is 5. The van der Waals surface area contributed by atoms with Gasteiger partial charge in [0.05, 0.1) is 16.6 Å². The van der Waals surface area contributed by atoms with Crippen molar-refractivity contribution in [2.45, 2.75) is 33.7 Å². The van der Waals surface area contributed by atoms with Crippen molar-refractivity contribution in [2.75, 3.05) is 5.73 Å². The van der Waals surface area contributed by atoms with E-state index in [0.29, 0.717) is 10.6 Å². The molecule has 1 unspecified atom stereocenters. The molecule has 2 heterocycles. The standard InChI is InChI=1S/C13H17N3O2S/c1-6(12-7(2)16-18-8(12)3)15-13(17)11-5-10(14)9(4)19-11/h5-6H,14H2,1-4H3,(H,15,17). The fraction of sp³-hybridized carbons (Fsp3) is 0.385. The molecule has 0 bridgehead atoms. The van der Waals surface area contributed by atoms with Gasteiger partial charge in [-0.3, -0.25) is 4.79 Å². The number of carbonyl (C=O) groups is 1. The molecule has 0 aliphatic rings. The molecule has 6 heteroatoms. The molecule has 1 atom stereocenters. The van der Waals surface area contributed by atoms with Crippen molar-refractivity contribution in [1.82, 2.24) is 10.5 Å². The number of amides is 1. The molecule has 0 aliphatic carbocycles. The first-order chi connectivity index (χ1) is 8.90. The van der Waals surface area contributed by atoms with Crippen LogP contribution in [0.1, 0.15) is 44.5 Å². The van der Waals surface area contributed by atoms with E-state index in [-0.39, 0.29) is 11.9 Å². The van der Waals surface area contributed by atoms with Gasteiger partial charge in [0.15, 0.2) is 0 Å². The lowest BCUT2D eigenvalue weighted by molar-refractivity contribution is 0.0944. The van der Waals surface area contributed by atoms with Gasteiger partial charge in [0.2, 0.25) is 0 Å². The van der Waals surface area contributed by atoms with Gasteiger partial charge in [-0.1, -0.05) is 5.16 Å². The van der Waals surface area contributed by atoms with Gasteiger partial charge in [-0.05, 0) is 33.8 Å². The van der Waals surface area contributed by atoms with E-state index in [0.717, 1.165) is 21.9 Å². The molecule has 0 aliphatic heterocycles. The van der Waals surface area contributed by atoms with E-state index in [1.54, 1.807) is 6.07 Å². The maximum Gasteiger partial charge on any atom is 0.261 e. The molecule has 2 rings (SSSR count). The summed E-state index contributed by atoms with van der Waals surface area (Å²) < 4.78 is 5.11. The van der Waals surface area contributed by atoms with Gasteiger partial charge in [0.1, 0.15) is 5.76 Å². The first-order valence-corrected chi connectivity index (χ1v) is 6.81. The number of rotatable bonds is 3. The quantitative estimate of drug-likeness (QED) is 0.905. The van der Waals surface area contributed by atoms with Gasteiger partial charge in [-0.25, -0.2) is 0 Å². The lowest BCUT2D eigenvalue weighted by Crippen LogP contribution is -2.26. The highest BCUT2D eigenvalue weighted by Gasteiger charge is 2.20. The van der Waals surface area contributed by atoms with Crippen molar-refractivity contribution in [1.29, 1.82) is 0 Å². The van der Waals surface area contributed by atoms with Crippen LogP contribution in [0.3, 0.4) is 0 Å². The van der Waals surface area contributed by atoms with Crippen molar-refractivity contribution >= 4 is 22.9 Å². The Hall–Kier alpha value is -1.82. The van der Waals surface area contributed by atoms with E-state index < -0.39 is 0 Å². The summed E-state index contributed by atoms with van der Waals surface area (Å²) in [7, 11) is 0. The summed E-state index contributed by atoms with van der Waals surface area (Å²) in [6, 6.07) is 1.55. The summed E-state index contributed by atoms with van der Waals surface area (Å²) in [5, 5.41) is 6.83.